The summed E-state index contributed by atoms with van der Waals surface area (Å²) >= 11 is 0. The predicted octanol–water partition coefficient (Wildman–Crippen LogP) is -5.16. The van der Waals surface area contributed by atoms with E-state index in [1.165, 1.54) is 16.7 Å². The number of nitrogens with zero attached hydrogens (tertiary/aromatic N) is 4. The van der Waals surface area contributed by atoms with Gasteiger partial charge in [-0.1, -0.05) is 0 Å². The van der Waals surface area contributed by atoms with Gasteiger partial charge in [0, 0.05) is 45.6 Å². The van der Waals surface area contributed by atoms with Crippen LogP contribution in [0, 0.1) is 5.92 Å². The Morgan fingerprint density at radius 1 is 1.14 bits per heavy atom. The summed E-state index contributed by atoms with van der Waals surface area (Å²) in [7, 11) is 1.98. The maximum absolute atomic E-state index is 12.5. The van der Waals surface area contributed by atoms with Gasteiger partial charge in [0.2, 0.25) is 5.91 Å². The van der Waals surface area contributed by atoms with Crippen molar-refractivity contribution >= 4 is 23.9 Å². The molecule has 4 aliphatic rings. The van der Waals surface area contributed by atoms with Gasteiger partial charge in [0.25, 0.3) is 5.91 Å². The predicted molar refractivity (Wildman–Crippen MR) is 92.4 cm³/mol. The Labute approximate surface area is 190 Å². The first-order valence-corrected chi connectivity index (χ1v) is 9.46. The van der Waals surface area contributed by atoms with E-state index in [2.05, 4.69) is 4.90 Å². The minimum atomic E-state index is -1.46. The van der Waals surface area contributed by atoms with Gasteiger partial charge in [0.1, 0.15) is 12.6 Å². The SMILES string of the molecule is CC(=O)N1CCC2C(COC(=O)N3CCN(C)CC3)=C(C(=O)[O-])N3C(=O)[C@@H]1[C@@H]23.[Na+]. The van der Waals surface area contributed by atoms with Crippen molar-refractivity contribution in [3.63, 3.8) is 0 Å². The Kier molecular flexibility index (Phi) is 6.28. The van der Waals surface area contributed by atoms with Crippen LogP contribution in [0.1, 0.15) is 13.3 Å². The second kappa shape index (κ2) is 8.25. The molecule has 3 saturated heterocycles. The standard InChI is InChI=1S/C18H24N4O6.Na/c1-10(23)21-4-3-11-12(9-28-18(27)20-7-5-19(2)6-8-20)14(17(25)26)22-13(11)15(21)16(22)24;/h11,13,15H,3-9H2,1-2H3,(H,25,26);/q;+1/p-1/t11?,13-,15+;/m1./s1. The molecule has 0 N–H and O–H groups in total. The molecule has 0 saturated carbocycles. The van der Waals surface area contributed by atoms with Crippen molar-refractivity contribution in [3.8, 4) is 0 Å². The smallest absolute Gasteiger partial charge is 0.543 e. The van der Waals surface area contributed by atoms with Gasteiger partial charge in [0.05, 0.1) is 17.7 Å². The van der Waals surface area contributed by atoms with Gasteiger partial charge in [-0.25, -0.2) is 4.79 Å². The summed E-state index contributed by atoms with van der Waals surface area (Å²) < 4.78 is 5.41. The monoisotopic (exact) mass is 414 g/mol. The summed E-state index contributed by atoms with van der Waals surface area (Å²) in [6, 6.07) is -1.05. The minimum Gasteiger partial charge on any atom is -0.543 e. The van der Waals surface area contributed by atoms with Crippen LogP contribution in [0.4, 0.5) is 4.79 Å². The van der Waals surface area contributed by atoms with Crippen LogP contribution in [0.2, 0.25) is 0 Å². The van der Waals surface area contributed by atoms with Crippen LogP contribution in [-0.2, 0) is 19.1 Å². The molecule has 4 rings (SSSR count). The molecule has 0 aliphatic carbocycles. The largest absolute Gasteiger partial charge is 1.00 e. The molecule has 0 aromatic heterocycles. The number of aliphatic carboxylic acids is 1. The number of carbonyl (C=O) groups excluding carboxylic acids is 4. The zero-order chi connectivity index (χ0) is 20.2. The van der Waals surface area contributed by atoms with E-state index in [1.807, 2.05) is 7.05 Å². The number of rotatable bonds is 3. The second-order valence-electron chi connectivity index (χ2n) is 7.76. The van der Waals surface area contributed by atoms with E-state index >= 15 is 0 Å². The summed E-state index contributed by atoms with van der Waals surface area (Å²) in [4.78, 5) is 54.8. The van der Waals surface area contributed by atoms with E-state index in [9.17, 15) is 24.3 Å². The van der Waals surface area contributed by atoms with E-state index in [-0.39, 0.29) is 53.7 Å². The Hall–Kier alpha value is -1.62. The summed E-state index contributed by atoms with van der Waals surface area (Å²) in [5.41, 5.74) is 0.208. The van der Waals surface area contributed by atoms with Crippen LogP contribution >= 0.6 is 0 Å². The molecule has 0 aromatic carbocycles. The summed E-state index contributed by atoms with van der Waals surface area (Å²) in [5.74, 6) is -2.32. The van der Waals surface area contributed by atoms with Crippen LogP contribution < -0.4 is 34.7 Å². The van der Waals surface area contributed by atoms with Crippen LogP contribution in [0.3, 0.4) is 0 Å². The summed E-state index contributed by atoms with van der Waals surface area (Å²) in [6.45, 7) is 4.18. The molecule has 152 valence electrons. The molecule has 3 amide bonds. The molecule has 0 spiro atoms. The van der Waals surface area contributed by atoms with Crippen molar-refractivity contribution in [1.29, 1.82) is 0 Å². The van der Waals surface area contributed by atoms with Gasteiger partial charge in [-0.05, 0) is 19.0 Å². The maximum Gasteiger partial charge on any atom is 1.00 e. The molecule has 1 unspecified atom stereocenters. The van der Waals surface area contributed by atoms with Crippen molar-refractivity contribution in [2.75, 3.05) is 46.4 Å². The van der Waals surface area contributed by atoms with Crippen LogP contribution in [0.25, 0.3) is 0 Å². The number of likely N-dealkylation sites (tertiary alicyclic amines) is 1. The van der Waals surface area contributed by atoms with E-state index < -0.39 is 30.1 Å². The zero-order valence-electron chi connectivity index (χ0n) is 16.9. The quantitative estimate of drug-likeness (QED) is 0.335. The average molecular weight is 414 g/mol. The van der Waals surface area contributed by atoms with Crippen molar-refractivity contribution in [2.24, 2.45) is 5.92 Å². The van der Waals surface area contributed by atoms with Gasteiger partial charge in [0.15, 0.2) is 0 Å². The number of piperazine rings is 1. The first kappa shape index (κ1) is 22.1. The fraction of sp³-hybridized carbons (Fsp3) is 0.667. The number of likely N-dealkylation sites (N-methyl/N-ethyl adjacent to an activating group) is 1. The van der Waals surface area contributed by atoms with Crippen molar-refractivity contribution in [1.82, 2.24) is 19.6 Å². The number of carboxylic acid groups (broad SMARTS) is 1. The van der Waals surface area contributed by atoms with Crippen LogP contribution in [0.15, 0.2) is 11.3 Å². The molecule has 29 heavy (non-hydrogen) atoms. The third-order valence-electron chi connectivity index (χ3n) is 6.24. The van der Waals surface area contributed by atoms with Gasteiger partial charge >= 0.3 is 35.7 Å². The number of amides is 3. The molecule has 3 atom stereocenters. The summed E-state index contributed by atoms with van der Waals surface area (Å²) in [5, 5.41) is 11.7. The van der Waals surface area contributed by atoms with Crippen LogP contribution in [0.5, 0.6) is 0 Å². The van der Waals surface area contributed by atoms with Gasteiger partial charge < -0.3 is 34.2 Å². The number of carboxylic acids is 1. The average Bonchev–Trinajstić information content (AvgIpc) is 2.98. The number of piperidine rings is 1. The Balaban J connectivity index is 0.00000240. The normalized spacial score (nSPS) is 28.6. The Bertz CT molecular complexity index is 778. The third kappa shape index (κ3) is 3.56. The summed E-state index contributed by atoms with van der Waals surface area (Å²) in [6.07, 6.45) is 0.0273. The van der Waals surface area contributed by atoms with E-state index in [4.69, 9.17) is 4.74 Å². The number of carbonyl (C=O) groups is 4. The number of hydrogen-bond acceptors (Lipinski definition) is 7. The molecule has 10 nitrogen and oxygen atoms in total. The van der Waals surface area contributed by atoms with Gasteiger partial charge in [-0.2, -0.15) is 0 Å². The fourth-order valence-corrected chi connectivity index (χ4v) is 4.75. The Morgan fingerprint density at radius 3 is 2.38 bits per heavy atom. The van der Waals surface area contributed by atoms with Crippen molar-refractivity contribution in [3.05, 3.63) is 11.3 Å². The molecule has 3 fully saturated rings. The van der Waals surface area contributed by atoms with E-state index in [0.29, 0.717) is 31.6 Å². The first-order chi connectivity index (χ1) is 13.3. The Morgan fingerprint density at radius 2 is 1.79 bits per heavy atom. The topological polar surface area (TPSA) is 114 Å². The second-order valence-corrected chi connectivity index (χ2v) is 7.76. The molecule has 0 radical (unpaired) electrons. The molecular formula is C18H23N4NaO6. The number of hydrogen-bond donors (Lipinski definition) is 0. The maximum atomic E-state index is 12.5. The van der Waals surface area contributed by atoms with Gasteiger partial charge in [-0.15, -0.1) is 0 Å². The molecular weight excluding hydrogens is 391 g/mol. The van der Waals surface area contributed by atoms with Crippen LogP contribution in [-0.4, -0.2) is 102 Å². The molecule has 4 aliphatic heterocycles. The number of ether oxygens (including phenoxy) is 1. The minimum absolute atomic E-state index is 0. The molecule has 11 heteroatoms. The molecule has 4 heterocycles. The van der Waals surface area contributed by atoms with Crippen molar-refractivity contribution < 1.29 is 58.6 Å². The first-order valence-electron chi connectivity index (χ1n) is 9.46. The molecule has 0 bridgehead atoms. The zero-order valence-corrected chi connectivity index (χ0v) is 18.9. The third-order valence-corrected chi connectivity index (χ3v) is 6.24. The fourth-order valence-electron chi connectivity index (χ4n) is 4.75. The van der Waals surface area contributed by atoms with Gasteiger partial charge in [-0.3, -0.25) is 9.59 Å². The number of β-lactam (4-membered cyclic amide) rings is 1. The molecule has 0 aromatic rings. The van der Waals surface area contributed by atoms with E-state index in [0.717, 1.165) is 13.1 Å². The van der Waals surface area contributed by atoms with Crippen molar-refractivity contribution in [2.45, 2.75) is 25.4 Å². The van der Waals surface area contributed by atoms with E-state index in [1.54, 1.807) is 4.90 Å².